The molecule has 0 radical (unpaired) electrons. The summed E-state index contributed by atoms with van der Waals surface area (Å²) < 4.78 is 8.77. The van der Waals surface area contributed by atoms with Gasteiger partial charge in [-0.05, 0) is 37.4 Å². The van der Waals surface area contributed by atoms with Crippen LogP contribution >= 0.6 is 12.2 Å². The van der Waals surface area contributed by atoms with E-state index in [0.717, 1.165) is 24.3 Å². The molecule has 0 spiro atoms. The van der Waals surface area contributed by atoms with E-state index < -0.39 is 0 Å². The van der Waals surface area contributed by atoms with Gasteiger partial charge in [0.2, 0.25) is 0 Å². The maximum atomic E-state index is 5.76. The lowest BCUT2D eigenvalue weighted by molar-refractivity contribution is 0.00527. The van der Waals surface area contributed by atoms with E-state index in [4.69, 9.17) is 17.0 Å². The van der Waals surface area contributed by atoms with Gasteiger partial charge in [0.1, 0.15) is 0 Å². The van der Waals surface area contributed by atoms with Crippen LogP contribution in [0.3, 0.4) is 0 Å². The highest BCUT2D eigenvalue weighted by atomic mass is 32.1. The monoisotopic (exact) mass is 240 g/mol. The molecule has 90 valence electrons. The smallest absolute Gasteiger partial charge is 0.177 e. The van der Waals surface area contributed by atoms with Crippen LogP contribution in [0.1, 0.15) is 44.7 Å². The molecular weight excluding hydrogens is 220 g/mol. The van der Waals surface area contributed by atoms with Crippen molar-refractivity contribution >= 4 is 12.2 Å². The second kappa shape index (κ2) is 5.15. The van der Waals surface area contributed by atoms with Gasteiger partial charge in [-0.1, -0.05) is 13.8 Å². The van der Waals surface area contributed by atoms with E-state index in [1.807, 2.05) is 6.20 Å². The summed E-state index contributed by atoms with van der Waals surface area (Å²) in [6.07, 6.45) is 6.00. The van der Waals surface area contributed by atoms with E-state index in [-0.39, 0.29) is 0 Å². The normalized spacial score (nSPS) is 21.6. The molecule has 2 rings (SSSR count). The van der Waals surface area contributed by atoms with Gasteiger partial charge in [0.25, 0.3) is 0 Å². The van der Waals surface area contributed by atoms with Crippen molar-refractivity contribution in [1.29, 1.82) is 0 Å². The van der Waals surface area contributed by atoms with Crippen molar-refractivity contribution in [2.24, 2.45) is 0 Å². The second-order valence-electron chi connectivity index (χ2n) is 4.77. The van der Waals surface area contributed by atoms with Gasteiger partial charge in [0, 0.05) is 18.5 Å². The number of ether oxygens (including phenoxy) is 1. The van der Waals surface area contributed by atoms with Crippen molar-refractivity contribution in [3.8, 4) is 0 Å². The number of rotatable bonds is 3. The van der Waals surface area contributed by atoms with E-state index in [9.17, 15) is 0 Å². The Morgan fingerprint density at radius 1 is 1.56 bits per heavy atom. The zero-order chi connectivity index (χ0) is 11.5. The Bertz CT molecular complexity index is 388. The van der Waals surface area contributed by atoms with E-state index in [1.165, 1.54) is 18.5 Å². The number of imidazole rings is 1. The fourth-order valence-corrected chi connectivity index (χ4v) is 2.47. The molecule has 1 aliphatic heterocycles. The highest BCUT2D eigenvalue weighted by Gasteiger charge is 2.17. The van der Waals surface area contributed by atoms with Crippen LogP contribution in [0.2, 0.25) is 0 Å². The molecule has 1 atom stereocenters. The Labute approximate surface area is 102 Å². The van der Waals surface area contributed by atoms with Gasteiger partial charge in [0.05, 0.1) is 12.6 Å². The molecule has 1 aliphatic rings. The van der Waals surface area contributed by atoms with Crippen molar-refractivity contribution < 1.29 is 4.74 Å². The Kier molecular flexibility index (Phi) is 3.82. The van der Waals surface area contributed by atoms with Gasteiger partial charge in [-0.25, -0.2) is 0 Å². The molecule has 1 saturated heterocycles. The van der Waals surface area contributed by atoms with Crippen LogP contribution in [0.5, 0.6) is 0 Å². The molecular formula is C12H20N2OS. The lowest BCUT2D eigenvalue weighted by atomic mass is 10.1. The third-order valence-electron chi connectivity index (χ3n) is 3.15. The van der Waals surface area contributed by atoms with Crippen molar-refractivity contribution in [2.45, 2.75) is 51.7 Å². The summed E-state index contributed by atoms with van der Waals surface area (Å²) in [7, 11) is 0. The van der Waals surface area contributed by atoms with E-state index >= 15 is 0 Å². The quantitative estimate of drug-likeness (QED) is 0.822. The topological polar surface area (TPSA) is 29.9 Å². The van der Waals surface area contributed by atoms with Gasteiger partial charge in [-0.2, -0.15) is 0 Å². The molecule has 4 heteroatoms. The summed E-state index contributed by atoms with van der Waals surface area (Å²) in [5, 5.41) is 0. The van der Waals surface area contributed by atoms with Gasteiger partial charge < -0.3 is 14.3 Å². The van der Waals surface area contributed by atoms with E-state index in [1.54, 1.807) is 0 Å². The molecule has 1 aromatic heterocycles. The average molecular weight is 240 g/mol. The minimum atomic E-state index is 0.341. The molecule has 16 heavy (non-hydrogen) atoms. The minimum Gasteiger partial charge on any atom is -0.376 e. The first kappa shape index (κ1) is 11.9. The number of nitrogens with zero attached hydrogens (tertiary/aromatic N) is 1. The fraction of sp³-hybridized carbons (Fsp3) is 0.750. The third kappa shape index (κ3) is 2.55. The van der Waals surface area contributed by atoms with Gasteiger partial charge in [-0.15, -0.1) is 0 Å². The van der Waals surface area contributed by atoms with Crippen molar-refractivity contribution in [3.63, 3.8) is 0 Å². The average Bonchev–Trinajstić information content (AvgIpc) is 2.62. The number of aromatic amines is 1. The first-order chi connectivity index (χ1) is 7.68. The predicted octanol–water partition coefficient (Wildman–Crippen LogP) is 3.24. The van der Waals surface area contributed by atoms with Crippen LogP contribution < -0.4 is 0 Å². The summed E-state index contributed by atoms with van der Waals surface area (Å²) in [5.41, 5.74) is 1.28. The lowest BCUT2D eigenvalue weighted by Gasteiger charge is -2.24. The number of H-pyrrole nitrogens is 1. The van der Waals surface area contributed by atoms with Crippen LogP contribution in [0.4, 0.5) is 0 Å². The first-order valence-electron chi connectivity index (χ1n) is 6.08. The molecule has 0 amide bonds. The lowest BCUT2D eigenvalue weighted by Crippen LogP contribution is -2.25. The molecule has 0 bridgehead atoms. The first-order valence-corrected chi connectivity index (χ1v) is 6.49. The fourth-order valence-electron chi connectivity index (χ4n) is 2.23. The van der Waals surface area contributed by atoms with E-state index in [2.05, 4.69) is 23.4 Å². The van der Waals surface area contributed by atoms with E-state index in [0.29, 0.717) is 12.0 Å². The van der Waals surface area contributed by atoms with Crippen molar-refractivity contribution in [3.05, 3.63) is 16.7 Å². The van der Waals surface area contributed by atoms with Crippen molar-refractivity contribution in [1.82, 2.24) is 9.55 Å². The second-order valence-corrected chi connectivity index (χ2v) is 5.16. The van der Waals surface area contributed by atoms with Gasteiger partial charge in [-0.3, -0.25) is 0 Å². The molecule has 2 heterocycles. The standard InChI is InChI=1S/C12H20N2OS/c1-9(2)11-7-13-12(16)14(11)8-10-5-3-4-6-15-10/h7,9-10H,3-6,8H2,1-2H3,(H,13,16). The highest BCUT2D eigenvalue weighted by molar-refractivity contribution is 7.71. The Balaban J connectivity index is 2.13. The zero-order valence-electron chi connectivity index (χ0n) is 10.0. The molecule has 0 saturated carbocycles. The molecule has 3 nitrogen and oxygen atoms in total. The number of hydrogen-bond acceptors (Lipinski definition) is 2. The van der Waals surface area contributed by atoms with Crippen LogP contribution in [-0.4, -0.2) is 22.3 Å². The highest BCUT2D eigenvalue weighted by Crippen LogP contribution is 2.19. The Morgan fingerprint density at radius 2 is 2.38 bits per heavy atom. The number of hydrogen-bond donors (Lipinski definition) is 1. The van der Waals surface area contributed by atoms with Crippen LogP contribution in [0.15, 0.2) is 6.20 Å². The third-order valence-corrected chi connectivity index (χ3v) is 3.49. The maximum Gasteiger partial charge on any atom is 0.177 e. The van der Waals surface area contributed by atoms with Crippen LogP contribution in [-0.2, 0) is 11.3 Å². The van der Waals surface area contributed by atoms with Crippen LogP contribution in [0, 0.1) is 4.77 Å². The molecule has 1 unspecified atom stereocenters. The van der Waals surface area contributed by atoms with Crippen LogP contribution in [0.25, 0.3) is 0 Å². The summed E-state index contributed by atoms with van der Waals surface area (Å²) >= 11 is 5.31. The molecule has 0 aromatic carbocycles. The number of nitrogens with one attached hydrogen (secondary N) is 1. The SMILES string of the molecule is CC(C)c1c[nH]c(=S)n1CC1CCCCO1. The molecule has 1 N–H and O–H groups in total. The molecule has 0 aliphatic carbocycles. The molecule has 1 fully saturated rings. The Morgan fingerprint density at radius 3 is 3.00 bits per heavy atom. The maximum absolute atomic E-state index is 5.76. The summed E-state index contributed by atoms with van der Waals surface area (Å²) in [6, 6.07) is 0. The van der Waals surface area contributed by atoms with Crippen molar-refractivity contribution in [2.75, 3.05) is 6.61 Å². The zero-order valence-corrected chi connectivity index (χ0v) is 10.8. The number of aromatic nitrogens is 2. The summed E-state index contributed by atoms with van der Waals surface area (Å²) in [5.74, 6) is 0.497. The van der Waals surface area contributed by atoms with Gasteiger partial charge >= 0.3 is 0 Å². The summed E-state index contributed by atoms with van der Waals surface area (Å²) in [6.45, 7) is 6.18. The van der Waals surface area contributed by atoms with Gasteiger partial charge in [0.15, 0.2) is 4.77 Å². The minimum absolute atomic E-state index is 0.341. The predicted molar refractivity (Wildman–Crippen MR) is 67.3 cm³/mol. The summed E-state index contributed by atoms with van der Waals surface area (Å²) in [4.78, 5) is 3.13. The largest absolute Gasteiger partial charge is 0.376 e. The molecule has 1 aromatic rings. The Hall–Kier alpha value is -0.610.